The van der Waals surface area contributed by atoms with Crippen LogP contribution >= 0.6 is 0 Å². The Morgan fingerprint density at radius 3 is 2.79 bits per heavy atom. The first kappa shape index (κ1) is 13.4. The monoisotopic (exact) mass is 266 g/mol. The number of anilines is 1. The zero-order valence-electron chi connectivity index (χ0n) is 11.1. The van der Waals surface area contributed by atoms with Crippen LogP contribution in [0.1, 0.15) is 28.9 Å². The first-order chi connectivity index (χ1) is 8.90. The maximum atomic E-state index is 11.5. The van der Waals surface area contributed by atoms with Gasteiger partial charge in [-0.2, -0.15) is 5.10 Å². The highest BCUT2D eigenvalue weighted by atomic mass is 16.4. The zero-order valence-corrected chi connectivity index (χ0v) is 11.1. The van der Waals surface area contributed by atoms with Crippen LogP contribution in [0.4, 0.5) is 5.82 Å². The lowest BCUT2D eigenvalue weighted by atomic mass is 10.1. The van der Waals surface area contributed by atoms with E-state index in [1.165, 1.54) is 0 Å². The van der Waals surface area contributed by atoms with Crippen molar-refractivity contribution in [3.05, 3.63) is 11.3 Å². The van der Waals surface area contributed by atoms with Crippen LogP contribution in [0, 0.1) is 12.8 Å². The van der Waals surface area contributed by atoms with Gasteiger partial charge in [0, 0.05) is 26.6 Å². The molecule has 2 heterocycles. The molecule has 7 nitrogen and oxygen atoms in total. The van der Waals surface area contributed by atoms with E-state index in [0.29, 0.717) is 23.6 Å². The van der Waals surface area contributed by atoms with Crippen LogP contribution in [0.15, 0.2) is 0 Å². The number of aromatic nitrogens is 2. The third-order valence-corrected chi connectivity index (χ3v) is 3.49. The van der Waals surface area contributed by atoms with E-state index in [9.17, 15) is 9.59 Å². The lowest BCUT2D eigenvalue weighted by Crippen LogP contribution is -2.26. The number of aliphatic carboxylic acids is 1. The molecular formula is C12H18N4O3. The molecule has 0 aromatic carbocycles. The number of amides is 1. The number of carbonyl (C=O) groups excluding carboxylic acids is 1. The van der Waals surface area contributed by atoms with Gasteiger partial charge in [0.05, 0.1) is 5.69 Å². The molecule has 2 rings (SSSR count). The number of aryl methyl sites for hydroxylation is 2. The van der Waals surface area contributed by atoms with Crippen molar-refractivity contribution in [2.45, 2.75) is 19.8 Å². The highest BCUT2D eigenvalue weighted by Gasteiger charge is 2.30. The average Bonchev–Trinajstić information content (AvgIpc) is 2.81. The van der Waals surface area contributed by atoms with Crippen LogP contribution in [-0.2, 0) is 11.8 Å². The molecule has 0 saturated carbocycles. The molecule has 7 heteroatoms. The minimum Gasteiger partial charge on any atom is -0.481 e. The summed E-state index contributed by atoms with van der Waals surface area (Å²) in [7, 11) is 1.76. The van der Waals surface area contributed by atoms with Crippen molar-refractivity contribution in [2.24, 2.45) is 18.7 Å². The van der Waals surface area contributed by atoms with Crippen molar-refractivity contribution < 1.29 is 14.7 Å². The third kappa shape index (κ3) is 2.54. The fourth-order valence-corrected chi connectivity index (χ4v) is 2.74. The number of carboxylic acid groups (broad SMARTS) is 1. The summed E-state index contributed by atoms with van der Waals surface area (Å²) in [4.78, 5) is 24.2. The van der Waals surface area contributed by atoms with Crippen LogP contribution < -0.4 is 10.6 Å². The van der Waals surface area contributed by atoms with E-state index >= 15 is 0 Å². The molecule has 1 fully saturated rings. The Morgan fingerprint density at radius 2 is 2.21 bits per heavy atom. The van der Waals surface area contributed by atoms with E-state index in [1.807, 2.05) is 4.90 Å². The topological polar surface area (TPSA) is 101 Å². The van der Waals surface area contributed by atoms with Crippen LogP contribution in [-0.4, -0.2) is 39.9 Å². The van der Waals surface area contributed by atoms with Crippen molar-refractivity contribution in [2.75, 3.05) is 18.0 Å². The number of hydrogen-bond acceptors (Lipinski definition) is 4. The number of carboxylic acids is 1. The van der Waals surface area contributed by atoms with Gasteiger partial charge in [-0.25, -0.2) is 0 Å². The van der Waals surface area contributed by atoms with Crippen molar-refractivity contribution >= 4 is 17.7 Å². The van der Waals surface area contributed by atoms with Gasteiger partial charge in [-0.05, 0) is 19.3 Å². The lowest BCUT2D eigenvalue weighted by molar-refractivity contribution is -0.137. The van der Waals surface area contributed by atoms with Gasteiger partial charge in [0.15, 0.2) is 0 Å². The van der Waals surface area contributed by atoms with Gasteiger partial charge in [-0.15, -0.1) is 0 Å². The summed E-state index contributed by atoms with van der Waals surface area (Å²) in [5.41, 5.74) is 6.43. The summed E-state index contributed by atoms with van der Waals surface area (Å²) < 4.78 is 1.64. The molecule has 1 atom stereocenters. The number of hydrogen-bond donors (Lipinski definition) is 2. The van der Waals surface area contributed by atoms with E-state index in [4.69, 9.17) is 10.8 Å². The first-order valence-electron chi connectivity index (χ1n) is 6.20. The highest BCUT2D eigenvalue weighted by molar-refractivity contribution is 5.99. The van der Waals surface area contributed by atoms with E-state index in [2.05, 4.69) is 5.10 Å². The number of primary amides is 1. The Hall–Kier alpha value is -2.05. The molecule has 1 aromatic rings. The molecule has 19 heavy (non-hydrogen) atoms. The predicted molar refractivity (Wildman–Crippen MR) is 69.0 cm³/mol. The van der Waals surface area contributed by atoms with Crippen LogP contribution in [0.3, 0.4) is 0 Å². The maximum absolute atomic E-state index is 11.5. The van der Waals surface area contributed by atoms with Gasteiger partial charge in [-0.1, -0.05) is 0 Å². The predicted octanol–water partition coefficient (Wildman–Crippen LogP) is 0.128. The molecule has 1 unspecified atom stereocenters. The van der Waals surface area contributed by atoms with E-state index < -0.39 is 11.9 Å². The standard InChI is InChI=1S/C12H18N4O3/c1-7-10(11(13)19)12(15(2)14-7)16-4-3-8(6-16)5-9(17)18/h8H,3-6H2,1-2H3,(H2,13,19)(H,17,18). The molecule has 1 amide bonds. The van der Waals surface area contributed by atoms with Gasteiger partial charge < -0.3 is 15.7 Å². The van der Waals surface area contributed by atoms with Gasteiger partial charge >= 0.3 is 5.97 Å². The molecule has 1 aliphatic heterocycles. The van der Waals surface area contributed by atoms with Gasteiger partial charge in [-0.3, -0.25) is 14.3 Å². The van der Waals surface area contributed by atoms with E-state index in [-0.39, 0.29) is 12.3 Å². The Balaban J connectivity index is 2.24. The summed E-state index contributed by atoms with van der Waals surface area (Å²) in [6, 6.07) is 0. The highest BCUT2D eigenvalue weighted by Crippen LogP contribution is 2.29. The Labute approximate surface area is 111 Å². The molecule has 0 aliphatic carbocycles. The number of carbonyl (C=O) groups is 2. The van der Waals surface area contributed by atoms with Crippen molar-refractivity contribution in [3.63, 3.8) is 0 Å². The molecule has 1 saturated heterocycles. The van der Waals surface area contributed by atoms with Crippen LogP contribution in [0.25, 0.3) is 0 Å². The Kier molecular flexibility index (Phi) is 3.46. The summed E-state index contributed by atoms with van der Waals surface area (Å²) in [5.74, 6) is -0.489. The molecule has 1 aromatic heterocycles. The second-order valence-corrected chi connectivity index (χ2v) is 4.97. The largest absolute Gasteiger partial charge is 0.481 e. The number of nitrogens with zero attached hydrogens (tertiary/aromatic N) is 3. The van der Waals surface area contributed by atoms with Gasteiger partial charge in [0.2, 0.25) is 0 Å². The minimum absolute atomic E-state index is 0.105. The third-order valence-electron chi connectivity index (χ3n) is 3.49. The average molecular weight is 266 g/mol. The summed E-state index contributed by atoms with van der Waals surface area (Å²) in [5, 5.41) is 13.0. The Bertz CT molecular complexity index is 523. The summed E-state index contributed by atoms with van der Waals surface area (Å²) in [6.45, 7) is 3.08. The quantitative estimate of drug-likeness (QED) is 0.806. The molecule has 3 N–H and O–H groups in total. The molecule has 0 radical (unpaired) electrons. The SMILES string of the molecule is Cc1nn(C)c(N2CCC(CC(=O)O)C2)c1C(N)=O. The van der Waals surface area contributed by atoms with Crippen LogP contribution in [0.2, 0.25) is 0 Å². The summed E-state index contributed by atoms with van der Waals surface area (Å²) >= 11 is 0. The van der Waals surface area contributed by atoms with Crippen molar-refractivity contribution in [3.8, 4) is 0 Å². The fourth-order valence-electron chi connectivity index (χ4n) is 2.74. The van der Waals surface area contributed by atoms with Crippen molar-refractivity contribution in [1.82, 2.24) is 9.78 Å². The maximum Gasteiger partial charge on any atom is 0.303 e. The lowest BCUT2D eigenvalue weighted by Gasteiger charge is -2.19. The molecule has 0 bridgehead atoms. The second kappa shape index (κ2) is 4.91. The first-order valence-corrected chi connectivity index (χ1v) is 6.20. The van der Waals surface area contributed by atoms with Gasteiger partial charge in [0.25, 0.3) is 5.91 Å². The summed E-state index contributed by atoms with van der Waals surface area (Å²) in [6.07, 6.45) is 0.952. The zero-order chi connectivity index (χ0) is 14.2. The van der Waals surface area contributed by atoms with Crippen LogP contribution in [0.5, 0.6) is 0 Å². The smallest absolute Gasteiger partial charge is 0.303 e. The normalized spacial score (nSPS) is 18.8. The second-order valence-electron chi connectivity index (χ2n) is 4.97. The number of rotatable bonds is 4. The van der Waals surface area contributed by atoms with Crippen molar-refractivity contribution in [1.29, 1.82) is 0 Å². The number of nitrogens with two attached hydrogens (primary N) is 1. The minimum atomic E-state index is -0.789. The molecule has 104 valence electrons. The molecule has 0 spiro atoms. The molecule has 1 aliphatic rings. The van der Waals surface area contributed by atoms with Gasteiger partial charge in [0.1, 0.15) is 11.4 Å². The van der Waals surface area contributed by atoms with E-state index in [1.54, 1.807) is 18.7 Å². The Morgan fingerprint density at radius 1 is 1.53 bits per heavy atom. The fraction of sp³-hybridized carbons (Fsp3) is 0.583. The molecular weight excluding hydrogens is 248 g/mol. The van der Waals surface area contributed by atoms with E-state index in [0.717, 1.165) is 13.0 Å².